The Morgan fingerprint density at radius 1 is 0.294 bits per heavy atom. The van der Waals surface area contributed by atoms with Crippen LogP contribution in [0, 0.1) is 13.8 Å². The van der Waals surface area contributed by atoms with Gasteiger partial charge in [0, 0.05) is 49.9 Å². The molecule has 12 aromatic rings. The van der Waals surface area contributed by atoms with E-state index in [1.165, 1.54) is 32.7 Å². The molecule has 0 spiro atoms. The molecule has 4 heteroatoms. The molecule has 0 saturated heterocycles. The van der Waals surface area contributed by atoms with Gasteiger partial charge in [-0.2, -0.15) is 0 Å². The van der Waals surface area contributed by atoms with E-state index in [4.69, 9.17) is 4.42 Å². The van der Waals surface area contributed by atoms with Crippen LogP contribution in [0.5, 0.6) is 0 Å². The number of furan rings is 1. The third-order valence-electron chi connectivity index (χ3n) is 13.1. The van der Waals surface area contributed by atoms with Gasteiger partial charge in [-0.3, -0.25) is 0 Å². The molecule has 4 nitrogen and oxygen atoms in total. The first-order valence-electron chi connectivity index (χ1n) is 23.2. The third kappa shape index (κ3) is 7.39. The molecule has 1 aromatic heterocycles. The highest BCUT2D eigenvalue weighted by Crippen LogP contribution is 2.48. The molecule has 11 aromatic carbocycles. The van der Waals surface area contributed by atoms with Gasteiger partial charge in [-0.05, 0) is 126 Å². The number of anilines is 9. The van der Waals surface area contributed by atoms with E-state index in [1.54, 1.807) is 0 Å². The van der Waals surface area contributed by atoms with Crippen molar-refractivity contribution in [3.63, 3.8) is 0 Å². The molecular weight excluding hydrogens is 827 g/mol. The minimum absolute atomic E-state index is 0.893. The molecule has 0 fully saturated rings. The summed E-state index contributed by atoms with van der Waals surface area (Å²) in [6.07, 6.45) is 0. The second-order valence-electron chi connectivity index (χ2n) is 17.6. The molecule has 0 saturated carbocycles. The number of hydrogen-bond acceptors (Lipinski definition) is 4. The summed E-state index contributed by atoms with van der Waals surface area (Å²) in [7, 11) is 0. The Bertz CT molecular complexity index is 3640. The van der Waals surface area contributed by atoms with E-state index < -0.39 is 0 Å². The van der Waals surface area contributed by atoms with Crippen molar-refractivity contribution < 1.29 is 4.42 Å². The fraction of sp³-hybridized carbons (Fsp3) is 0.0312. The molecule has 324 valence electrons. The Balaban J connectivity index is 1.12. The molecule has 0 amide bonds. The van der Waals surface area contributed by atoms with Crippen molar-refractivity contribution in [3.8, 4) is 11.1 Å². The van der Waals surface area contributed by atoms with Crippen LogP contribution in [-0.2, 0) is 0 Å². The van der Waals surface area contributed by atoms with E-state index in [-0.39, 0.29) is 0 Å². The number of benzene rings is 11. The maximum Gasteiger partial charge on any atom is 0.143 e. The molecule has 12 rings (SSSR count). The Morgan fingerprint density at radius 2 is 0.735 bits per heavy atom. The van der Waals surface area contributed by atoms with E-state index in [0.717, 1.165) is 84.3 Å². The molecule has 0 N–H and O–H groups in total. The van der Waals surface area contributed by atoms with Gasteiger partial charge in [-0.1, -0.05) is 164 Å². The van der Waals surface area contributed by atoms with Gasteiger partial charge < -0.3 is 19.1 Å². The van der Waals surface area contributed by atoms with E-state index in [1.807, 2.05) is 12.1 Å². The molecule has 0 bridgehead atoms. The van der Waals surface area contributed by atoms with Crippen LogP contribution >= 0.6 is 0 Å². The van der Waals surface area contributed by atoms with Crippen LogP contribution in [0.15, 0.2) is 253 Å². The second kappa shape index (κ2) is 17.2. The molecule has 0 unspecified atom stereocenters. The zero-order chi connectivity index (χ0) is 45.6. The predicted molar refractivity (Wildman–Crippen MR) is 288 cm³/mol. The number of para-hydroxylation sites is 3. The summed E-state index contributed by atoms with van der Waals surface area (Å²) in [5, 5.41) is 6.94. The number of nitrogens with zero attached hydrogens (tertiary/aromatic N) is 3. The lowest BCUT2D eigenvalue weighted by Crippen LogP contribution is -2.16. The van der Waals surface area contributed by atoms with Gasteiger partial charge >= 0.3 is 0 Å². The van der Waals surface area contributed by atoms with E-state index in [9.17, 15) is 0 Å². The van der Waals surface area contributed by atoms with Gasteiger partial charge in [-0.25, -0.2) is 0 Å². The van der Waals surface area contributed by atoms with Gasteiger partial charge in [0.05, 0.1) is 28.4 Å². The van der Waals surface area contributed by atoms with Crippen LogP contribution in [0.2, 0.25) is 0 Å². The highest BCUT2D eigenvalue weighted by Gasteiger charge is 2.24. The first-order chi connectivity index (χ1) is 33.5. The SMILES string of the molecule is Cc1cccc(N(c2cc(N(c3ccccc3)c3ccc(-c4cccc5c4oc4ccccc45)cc3)cc(N(c3cccc(C)c3)c3cccc4ccccc34)c2)c2cccc3ccccc23)c1. The molecule has 1 heterocycles. The number of aryl methyl sites for hydroxylation is 2. The Labute approximate surface area is 396 Å². The van der Waals surface area contributed by atoms with E-state index in [0.29, 0.717) is 0 Å². The molecule has 0 radical (unpaired) electrons. The summed E-state index contributed by atoms with van der Waals surface area (Å²) in [6, 6.07) is 89.7. The van der Waals surface area contributed by atoms with Crippen LogP contribution in [0.25, 0.3) is 54.6 Å². The van der Waals surface area contributed by atoms with Gasteiger partial charge in [0.25, 0.3) is 0 Å². The lowest BCUT2D eigenvalue weighted by Gasteiger charge is -2.33. The lowest BCUT2D eigenvalue weighted by molar-refractivity contribution is 0.670. The Hall–Kier alpha value is -8.86. The van der Waals surface area contributed by atoms with Crippen molar-refractivity contribution in [1.29, 1.82) is 0 Å². The van der Waals surface area contributed by atoms with Crippen molar-refractivity contribution in [3.05, 3.63) is 260 Å². The highest BCUT2D eigenvalue weighted by molar-refractivity contribution is 6.10. The summed E-state index contributed by atoms with van der Waals surface area (Å²) in [5.74, 6) is 0. The average Bonchev–Trinajstić information content (AvgIpc) is 3.77. The first-order valence-corrected chi connectivity index (χ1v) is 23.2. The van der Waals surface area contributed by atoms with Crippen molar-refractivity contribution in [2.75, 3.05) is 14.7 Å². The summed E-state index contributed by atoms with van der Waals surface area (Å²) >= 11 is 0. The van der Waals surface area contributed by atoms with Gasteiger partial charge in [0.1, 0.15) is 11.2 Å². The number of rotatable bonds is 10. The Kier molecular flexibility index (Phi) is 10.3. The molecule has 0 aliphatic heterocycles. The fourth-order valence-corrected chi connectivity index (χ4v) is 9.95. The summed E-state index contributed by atoms with van der Waals surface area (Å²) in [4.78, 5) is 7.24. The van der Waals surface area contributed by atoms with E-state index in [2.05, 4.69) is 265 Å². The average molecular weight is 874 g/mol. The predicted octanol–water partition coefficient (Wildman–Crippen LogP) is 18.6. The maximum absolute atomic E-state index is 6.52. The minimum atomic E-state index is 0.893. The smallest absolute Gasteiger partial charge is 0.143 e. The van der Waals surface area contributed by atoms with Crippen molar-refractivity contribution in [2.45, 2.75) is 13.8 Å². The molecule has 68 heavy (non-hydrogen) atoms. The first kappa shape index (κ1) is 40.6. The van der Waals surface area contributed by atoms with Crippen LogP contribution < -0.4 is 14.7 Å². The Morgan fingerprint density at radius 3 is 1.32 bits per heavy atom. The van der Waals surface area contributed by atoms with Crippen molar-refractivity contribution in [2.24, 2.45) is 0 Å². The van der Waals surface area contributed by atoms with Gasteiger partial charge in [0.15, 0.2) is 0 Å². The largest absolute Gasteiger partial charge is 0.455 e. The molecular formula is C64H47N3O. The van der Waals surface area contributed by atoms with Crippen LogP contribution in [-0.4, -0.2) is 0 Å². The number of hydrogen-bond donors (Lipinski definition) is 0. The summed E-state index contributed by atoms with van der Waals surface area (Å²) < 4.78 is 6.52. The monoisotopic (exact) mass is 873 g/mol. The van der Waals surface area contributed by atoms with Gasteiger partial charge in [-0.15, -0.1) is 0 Å². The molecule has 0 atom stereocenters. The minimum Gasteiger partial charge on any atom is -0.455 e. The topological polar surface area (TPSA) is 22.9 Å². The van der Waals surface area contributed by atoms with Crippen LogP contribution in [0.3, 0.4) is 0 Å². The second-order valence-corrected chi connectivity index (χ2v) is 17.6. The lowest BCUT2D eigenvalue weighted by atomic mass is 10.0. The van der Waals surface area contributed by atoms with Crippen molar-refractivity contribution >= 4 is 94.7 Å². The third-order valence-corrected chi connectivity index (χ3v) is 13.1. The highest BCUT2D eigenvalue weighted by atomic mass is 16.3. The molecule has 0 aliphatic carbocycles. The normalized spacial score (nSPS) is 11.4. The van der Waals surface area contributed by atoms with Crippen molar-refractivity contribution in [1.82, 2.24) is 0 Å². The zero-order valence-electron chi connectivity index (χ0n) is 37.9. The van der Waals surface area contributed by atoms with Crippen LogP contribution in [0.1, 0.15) is 11.1 Å². The zero-order valence-corrected chi connectivity index (χ0v) is 37.9. The summed E-state index contributed by atoms with van der Waals surface area (Å²) in [6.45, 7) is 4.34. The quantitative estimate of drug-likeness (QED) is 0.137. The molecule has 0 aliphatic rings. The van der Waals surface area contributed by atoms with Crippen LogP contribution in [0.4, 0.5) is 51.2 Å². The number of fused-ring (bicyclic) bond motifs is 5. The van der Waals surface area contributed by atoms with Gasteiger partial charge in [0.2, 0.25) is 0 Å². The fourth-order valence-electron chi connectivity index (χ4n) is 9.95. The van der Waals surface area contributed by atoms with E-state index >= 15 is 0 Å². The standard InChI is InChI=1S/C64H47N3O/c1-44-17-12-25-51(39-44)66(61-32-14-21-46-19-6-8-27-56(46)61)54-41-53(42-55(43-54)67(52-26-13-18-45(2)40-52)62-33-15-22-47-20-7-9-28-57(47)62)65(49-23-4-3-5-24-49)50-37-35-48(36-38-50)58-30-16-31-60-59-29-10-11-34-63(59)68-64(58)60/h3-43H,1-2H3. The summed E-state index contributed by atoms with van der Waals surface area (Å²) in [5.41, 5.74) is 15.8. The maximum atomic E-state index is 6.52.